The molecule has 2 aromatic rings. The molecule has 0 saturated carbocycles. The summed E-state index contributed by atoms with van der Waals surface area (Å²) in [4.78, 5) is 16.3. The third kappa shape index (κ3) is 7.11. The third-order valence-electron chi connectivity index (χ3n) is 5.70. The highest BCUT2D eigenvalue weighted by molar-refractivity contribution is 7.80. The van der Waals surface area contributed by atoms with E-state index in [1.807, 2.05) is 51.1 Å². The lowest BCUT2D eigenvalue weighted by atomic mass is 9.91. The molecule has 3 rings (SSSR count). The number of alkyl halides is 6. The highest BCUT2D eigenvalue weighted by Gasteiger charge is 2.38. The van der Waals surface area contributed by atoms with E-state index in [-0.39, 0.29) is 35.6 Å². The minimum Gasteiger partial charge on any atom is -0.338 e. The number of halogens is 6. The molecule has 1 aliphatic heterocycles. The van der Waals surface area contributed by atoms with Crippen LogP contribution in [0.15, 0.2) is 48.5 Å². The minimum atomic E-state index is -4.97. The van der Waals surface area contributed by atoms with Gasteiger partial charge in [-0.15, -0.1) is 0 Å². The first-order valence-electron chi connectivity index (χ1n) is 11.2. The predicted octanol–water partition coefficient (Wildman–Crippen LogP) is 6.74. The molecule has 1 unspecified atom stereocenters. The largest absolute Gasteiger partial charge is 0.416 e. The van der Waals surface area contributed by atoms with Gasteiger partial charge in [-0.2, -0.15) is 26.3 Å². The van der Waals surface area contributed by atoms with E-state index in [1.54, 1.807) is 9.80 Å². The van der Waals surface area contributed by atoms with Gasteiger partial charge in [-0.1, -0.05) is 51.1 Å². The van der Waals surface area contributed by atoms with E-state index in [0.29, 0.717) is 25.1 Å². The van der Waals surface area contributed by atoms with Crippen molar-refractivity contribution in [2.45, 2.75) is 45.6 Å². The van der Waals surface area contributed by atoms with Gasteiger partial charge in [-0.3, -0.25) is 4.79 Å². The third-order valence-corrected chi connectivity index (χ3v) is 6.04. The van der Waals surface area contributed by atoms with Crippen LogP contribution < -0.4 is 5.32 Å². The number of benzene rings is 2. The number of nitrogens with one attached hydrogen (secondary N) is 1. The van der Waals surface area contributed by atoms with Gasteiger partial charge < -0.3 is 15.1 Å². The molecule has 1 atom stereocenters. The Morgan fingerprint density at radius 3 is 2.00 bits per heavy atom. The van der Waals surface area contributed by atoms with E-state index in [2.05, 4.69) is 5.32 Å². The van der Waals surface area contributed by atoms with Crippen LogP contribution >= 0.6 is 12.2 Å². The molecule has 0 aliphatic carbocycles. The zero-order chi connectivity index (χ0) is 26.9. The van der Waals surface area contributed by atoms with Crippen molar-refractivity contribution < 1.29 is 31.1 Å². The van der Waals surface area contributed by atoms with Crippen molar-refractivity contribution >= 4 is 28.9 Å². The molecule has 4 nitrogen and oxygen atoms in total. The van der Waals surface area contributed by atoms with Gasteiger partial charge in [0.25, 0.3) is 0 Å². The SMILES string of the molecule is CC(C)(C)CC(=O)N1CCN(C(=S)Nc2cc(C(F)(F)F)cc(C(F)(F)F)c2)C(c2ccccc2)C1. The van der Waals surface area contributed by atoms with E-state index in [1.165, 1.54) is 0 Å². The second-order valence-corrected chi connectivity index (χ2v) is 10.3. The zero-order valence-corrected chi connectivity index (χ0v) is 20.8. The van der Waals surface area contributed by atoms with Crippen LogP contribution in [0.2, 0.25) is 0 Å². The van der Waals surface area contributed by atoms with E-state index in [0.717, 1.165) is 5.56 Å². The molecule has 1 fully saturated rings. The average Bonchev–Trinajstić information content (AvgIpc) is 2.76. The maximum absolute atomic E-state index is 13.3. The summed E-state index contributed by atoms with van der Waals surface area (Å²) in [5, 5.41) is 2.54. The zero-order valence-electron chi connectivity index (χ0n) is 20.0. The number of hydrogen-bond acceptors (Lipinski definition) is 2. The summed E-state index contributed by atoms with van der Waals surface area (Å²) in [7, 11) is 0. The highest BCUT2D eigenvalue weighted by Crippen LogP contribution is 2.38. The highest BCUT2D eigenvalue weighted by atomic mass is 32.1. The van der Waals surface area contributed by atoms with Gasteiger partial charge in [0.05, 0.1) is 17.2 Å². The fraction of sp³-hybridized carbons (Fsp3) is 0.440. The Morgan fingerprint density at radius 1 is 0.944 bits per heavy atom. The first-order valence-corrected chi connectivity index (χ1v) is 11.7. The molecule has 196 valence electrons. The van der Waals surface area contributed by atoms with Crippen LogP contribution in [0.1, 0.15) is 49.9 Å². The lowest BCUT2D eigenvalue weighted by Crippen LogP contribution is -2.53. The number of amides is 1. The van der Waals surface area contributed by atoms with Gasteiger partial charge in [0.15, 0.2) is 5.11 Å². The van der Waals surface area contributed by atoms with Crippen molar-refractivity contribution in [1.29, 1.82) is 0 Å². The van der Waals surface area contributed by atoms with Crippen molar-refractivity contribution in [2.24, 2.45) is 5.41 Å². The van der Waals surface area contributed by atoms with Gasteiger partial charge in [0.1, 0.15) is 0 Å². The second kappa shape index (κ2) is 10.3. The summed E-state index contributed by atoms with van der Waals surface area (Å²) in [6.07, 6.45) is -9.60. The molecule has 0 spiro atoms. The summed E-state index contributed by atoms with van der Waals surface area (Å²) in [6, 6.07) is 9.94. The van der Waals surface area contributed by atoms with Gasteiger partial charge in [-0.25, -0.2) is 0 Å². The smallest absolute Gasteiger partial charge is 0.338 e. The van der Waals surface area contributed by atoms with Crippen molar-refractivity contribution in [3.05, 3.63) is 65.2 Å². The molecule has 1 aliphatic rings. The summed E-state index contributed by atoms with van der Waals surface area (Å²) in [6.45, 7) is 6.72. The average molecular weight is 532 g/mol. The molecule has 1 amide bonds. The van der Waals surface area contributed by atoms with E-state index in [4.69, 9.17) is 12.2 Å². The molecular weight excluding hydrogens is 504 g/mol. The van der Waals surface area contributed by atoms with Crippen molar-refractivity contribution in [3.8, 4) is 0 Å². The number of thiocarbonyl (C=S) groups is 1. The van der Waals surface area contributed by atoms with E-state index >= 15 is 0 Å². The molecule has 11 heteroatoms. The molecule has 0 aromatic heterocycles. The Bertz CT molecular complexity index is 1060. The summed E-state index contributed by atoms with van der Waals surface area (Å²) < 4.78 is 79.6. The van der Waals surface area contributed by atoms with Crippen LogP contribution in [-0.4, -0.2) is 40.5 Å². The normalized spacial score (nSPS) is 17.2. The first kappa shape index (κ1) is 27.8. The van der Waals surface area contributed by atoms with Crippen molar-refractivity contribution in [2.75, 3.05) is 25.0 Å². The molecule has 0 radical (unpaired) electrons. The van der Waals surface area contributed by atoms with Crippen LogP contribution in [0.5, 0.6) is 0 Å². The molecule has 36 heavy (non-hydrogen) atoms. The standard InChI is InChI=1S/C25H27F6N3OS/c1-23(2,3)14-21(35)33-9-10-34(20(15-33)16-7-5-4-6-8-16)22(36)32-19-12-17(24(26,27)28)11-18(13-19)25(29,30)31/h4-8,11-13,20H,9-10,14-15H2,1-3H3,(H,32,36). The predicted molar refractivity (Wildman–Crippen MR) is 129 cm³/mol. The topological polar surface area (TPSA) is 35.6 Å². The van der Waals surface area contributed by atoms with Gasteiger partial charge in [0, 0.05) is 31.7 Å². The molecule has 1 heterocycles. The minimum absolute atomic E-state index is 0.0285. The van der Waals surface area contributed by atoms with Crippen LogP contribution in [0.25, 0.3) is 0 Å². The van der Waals surface area contributed by atoms with Gasteiger partial charge >= 0.3 is 12.4 Å². The monoisotopic (exact) mass is 531 g/mol. The van der Waals surface area contributed by atoms with Crippen LogP contribution in [0.3, 0.4) is 0 Å². The molecular formula is C25H27F6N3OS. The summed E-state index contributed by atoms with van der Waals surface area (Å²) in [5.41, 5.74) is -2.68. The fourth-order valence-corrected chi connectivity index (χ4v) is 4.34. The molecule has 1 saturated heterocycles. The van der Waals surface area contributed by atoms with Crippen molar-refractivity contribution in [1.82, 2.24) is 9.80 Å². The number of carbonyl (C=O) groups is 1. The molecule has 2 aromatic carbocycles. The van der Waals surface area contributed by atoms with Crippen LogP contribution in [0, 0.1) is 5.41 Å². The Hall–Kier alpha value is -2.82. The summed E-state index contributed by atoms with van der Waals surface area (Å²) in [5.74, 6) is -0.0327. The van der Waals surface area contributed by atoms with Crippen LogP contribution in [-0.2, 0) is 17.1 Å². The van der Waals surface area contributed by atoms with E-state index < -0.39 is 35.2 Å². The van der Waals surface area contributed by atoms with Crippen LogP contribution in [0.4, 0.5) is 32.0 Å². The van der Waals surface area contributed by atoms with Gasteiger partial charge in [0.2, 0.25) is 5.91 Å². The number of anilines is 1. The summed E-state index contributed by atoms with van der Waals surface area (Å²) >= 11 is 5.45. The Kier molecular flexibility index (Phi) is 7.92. The quantitative estimate of drug-likeness (QED) is 0.351. The second-order valence-electron chi connectivity index (χ2n) is 9.92. The van der Waals surface area contributed by atoms with E-state index in [9.17, 15) is 31.1 Å². The number of hydrogen-bond donors (Lipinski definition) is 1. The molecule has 1 N–H and O–H groups in total. The lowest BCUT2D eigenvalue weighted by Gasteiger charge is -2.43. The number of piperazine rings is 1. The number of nitrogens with zero attached hydrogens (tertiary/aromatic N) is 2. The number of rotatable bonds is 3. The Morgan fingerprint density at radius 2 is 1.50 bits per heavy atom. The molecule has 0 bridgehead atoms. The van der Waals surface area contributed by atoms with Gasteiger partial charge in [-0.05, 0) is 41.4 Å². The lowest BCUT2D eigenvalue weighted by molar-refractivity contribution is -0.143. The Balaban J connectivity index is 1.89. The maximum atomic E-state index is 13.3. The maximum Gasteiger partial charge on any atom is 0.416 e. The van der Waals surface area contributed by atoms with Crippen molar-refractivity contribution in [3.63, 3.8) is 0 Å². The first-order chi connectivity index (χ1) is 16.5. The Labute approximate surface area is 211 Å². The fourth-order valence-electron chi connectivity index (χ4n) is 4.00. The number of carbonyl (C=O) groups excluding carboxylic acids is 1.